The number of hydrogen-bond acceptors (Lipinski definition) is 4. The van der Waals surface area contributed by atoms with Gasteiger partial charge in [-0.2, -0.15) is 0 Å². The number of halogens is 1. The van der Waals surface area contributed by atoms with Crippen molar-refractivity contribution < 1.29 is 9.47 Å². The number of hydrogen-bond donors (Lipinski definition) is 2. The SMILES string of the molecule is CCNC(=NCc1ccc(C)cc1OCC1CCOC1)NCC(C)N(CC)CC.I. The lowest BCUT2D eigenvalue weighted by Crippen LogP contribution is -2.46. The number of nitrogens with zero attached hydrogens (tertiary/aromatic N) is 2. The molecule has 2 N–H and O–H groups in total. The summed E-state index contributed by atoms with van der Waals surface area (Å²) < 4.78 is 11.6. The van der Waals surface area contributed by atoms with E-state index in [1.165, 1.54) is 5.56 Å². The van der Waals surface area contributed by atoms with Gasteiger partial charge >= 0.3 is 0 Å². The van der Waals surface area contributed by atoms with Gasteiger partial charge in [-0.25, -0.2) is 4.99 Å². The lowest BCUT2D eigenvalue weighted by atomic mass is 10.1. The van der Waals surface area contributed by atoms with Crippen LogP contribution in [0.15, 0.2) is 23.2 Å². The fraction of sp³-hybridized carbons (Fsp3) is 0.696. The van der Waals surface area contributed by atoms with Gasteiger partial charge in [0.05, 0.1) is 19.8 Å². The number of likely N-dealkylation sites (N-methyl/N-ethyl adjacent to an activating group) is 1. The summed E-state index contributed by atoms with van der Waals surface area (Å²) in [7, 11) is 0. The molecule has 0 saturated carbocycles. The zero-order valence-corrected chi connectivity index (χ0v) is 21.7. The van der Waals surface area contributed by atoms with E-state index in [1.54, 1.807) is 0 Å². The maximum atomic E-state index is 6.16. The second-order valence-electron chi connectivity index (χ2n) is 7.80. The number of guanidine groups is 1. The van der Waals surface area contributed by atoms with Crippen molar-refractivity contribution in [2.75, 3.05) is 46.0 Å². The zero-order chi connectivity index (χ0) is 21.1. The third-order valence-corrected chi connectivity index (χ3v) is 5.47. The molecule has 1 aliphatic heterocycles. The number of aliphatic imine (C=N–C) groups is 1. The van der Waals surface area contributed by atoms with Crippen LogP contribution < -0.4 is 15.4 Å². The van der Waals surface area contributed by atoms with Crippen molar-refractivity contribution in [1.82, 2.24) is 15.5 Å². The van der Waals surface area contributed by atoms with Crippen LogP contribution in [0.3, 0.4) is 0 Å². The third-order valence-electron chi connectivity index (χ3n) is 5.47. The fourth-order valence-corrected chi connectivity index (χ4v) is 3.58. The summed E-state index contributed by atoms with van der Waals surface area (Å²) in [4.78, 5) is 7.25. The monoisotopic (exact) mass is 532 g/mol. The molecule has 2 unspecified atom stereocenters. The normalized spacial score (nSPS) is 17.5. The highest BCUT2D eigenvalue weighted by atomic mass is 127. The van der Waals surface area contributed by atoms with E-state index in [0.717, 1.165) is 63.1 Å². The van der Waals surface area contributed by atoms with E-state index in [0.29, 0.717) is 25.1 Å². The van der Waals surface area contributed by atoms with Gasteiger partial charge < -0.3 is 20.1 Å². The van der Waals surface area contributed by atoms with Crippen LogP contribution in [-0.4, -0.2) is 62.9 Å². The van der Waals surface area contributed by atoms with Crippen molar-refractivity contribution in [3.8, 4) is 5.75 Å². The number of nitrogens with one attached hydrogen (secondary N) is 2. The Morgan fingerprint density at radius 1 is 1.27 bits per heavy atom. The average molecular weight is 533 g/mol. The highest BCUT2D eigenvalue weighted by molar-refractivity contribution is 14.0. The molecule has 0 amide bonds. The van der Waals surface area contributed by atoms with E-state index in [-0.39, 0.29) is 24.0 Å². The molecule has 1 fully saturated rings. The highest BCUT2D eigenvalue weighted by Gasteiger charge is 2.17. The Labute approximate surface area is 200 Å². The summed E-state index contributed by atoms with van der Waals surface area (Å²) in [5.74, 6) is 2.28. The molecule has 2 rings (SSSR count). The molecule has 0 bridgehead atoms. The van der Waals surface area contributed by atoms with Crippen molar-refractivity contribution in [3.05, 3.63) is 29.3 Å². The average Bonchev–Trinajstić information content (AvgIpc) is 3.24. The Hall–Kier alpha value is -1.06. The molecule has 0 spiro atoms. The minimum Gasteiger partial charge on any atom is -0.493 e. The first-order valence-corrected chi connectivity index (χ1v) is 11.1. The molecular formula is C23H41IN4O2. The maximum Gasteiger partial charge on any atom is 0.191 e. The van der Waals surface area contributed by atoms with Gasteiger partial charge in [0.1, 0.15) is 5.75 Å². The molecule has 172 valence electrons. The van der Waals surface area contributed by atoms with Crippen LogP contribution in [0.4, 0.5) is 0 Å². The van der Waals surface area contributed by atoms with Crippen LogP contribution >= 0.6 is 24.0 Å². The molecular weight excluding hydrogens is 491 g/mol. The van der Waals surface area contributed by atoms with E-state index >= 15 is 0 Å². The van der Waals surface area contributed by atoms with Gasteiger partial charge in [-0.1, -0.05) is 26.0 Å². The minimum atomic E-state index is 0. The number of aryl methyl sites for hydroxylation is 1. The van der Waals surface area contributed by atoms with E-state index in [4.69, 9.17) is 14.5 Å². The van der Waals surface area contributed by atoms with Crippen molar-refractivity contribution in [3.63, 3.8) is 0 Å². The van der Waals surface area contributed by atoms with Gasteiger partial charge in [0.25, 0.3) is 0 Å². The molecule has 0 aromatic heterocycles. The number of ether oxygens (including phenoxy) is 2. The largest absolute Gasteiger partial charge is 0.493 e. The van der Waals surface area contributed by atoms with Gasteiger partial charge in [0, 0.05) is 37.2 Å². The van der Waals surface area contributed by atoms with Crippen molar-refractivity contribution in [2.24, 2.45) is 10.9 Å². The molecule has 7 heteroatoms. The van der Waals surface area contributed by atoms with E-state index in [2.05, 4.69) is 68.4 Å². The molecule has 1 aromatic carbocycles. The smallest absolute Gasteiger partial charge is 0.191 e. The molecule has 0 radical (unpaired) electrons. The summed E-state index contributed by atoms with van der Waals surface area (Å²) in [6.45, 7) is 17.6. The molecule has 1 saturated heterocycles. The topological polar surface area (TPSA) is 58.1 Å². The molecule has 30 heavy (non-hydrogen) atoms. The lowest BCUT2D eigenvalue weighted by Gasteiger charge is -2.27. The van der Waals surface area contributed by atoms with Crippen LogP contribution in [0.2, 0.25) is 0 Å². The second kappa shape index (κ2) is 14.9. The van der Waals surface area contributed by atoms with E-state index in [1.807, 2.05) is 0 Å². The first-order valence-electron chi connectivity index (χ1n) is 11.1. The van der Waals surface area contributed by atoms with E-state index < -0.39 is 0 Å². The predicted octanol–water partition coefficient (Wildman–Crippen LogP) is 3.81. The van der Waals surface area contributed by atoms with Crippen LogP contribution in [-0.2, 0) is 11.3 Å². The predicted molar refractivity (Wildman–Crippen MR) is 136 cm³/mol. The summed E-state index contributed by atoms with van der Waals surface area (Å²) in [6, 6.07) is 6.82. The van der Waals surface area contributed by atoms with Crippen molar-refractivity contribution in [2.45, 2.75) is 53.6 Å². The molecule has 1 aromatic rings. The number of rotatable bonds is 11. The Morgan fingerprint density at radius 3 is 2.67 bits per heavy atom. The fourth-order valence-electron chi connectivity index (χ4n) is 3.58. The Bertz CT molecular complexity index is 632. The summed E-state index contributed by atoms with van der Waals surface area (Å²) >= 11 is 0. The van der Waals surface area contributed by atoms with Crippen molar-refractivity contribution in [1.29, 1.82) is 0 Å². The van der Waals surface area contributed by atoms with Crippen LogP contribution in [0.25, 0.3) is 0 Å². The Balaban J connectivity index is 0.00000450. The van der Waals surface area contributed by atoms with Crippen LogP contribution in [0.5, 0.6) is 5.75 Å². The molecule has 2 atom stereocenters. The van der Waals surface area contributed by atoms with Gasteiger partial charge in [-0.3, -0.25) is 4.90 Å². The second-order valence-corrected chi connectivity index (χ2v) is 7.80. The van der Waals surface area contributed by atoms with Gasteiger partial charge in [-0.15, -0.1) is 24.0 Å². The Morgan fingerprint density at radius 2 is 2.03 bits per heavy atom. The van der Waals surface area contributed by atoms with Crippen LogP contribution in [0.1, 0.15) is 45.2 Å². The van der Waals surface area contributed by atoms with Gasteiger partial charge in [0.15, 0.2) is 5.96 Å². The molecule has 1 aliphatic rings. The van der Waals surface area contributed by atoms with Crippen molar-refractivity contribution >= 4 is 29.9 Å². The molecule has 0 aliphatic carbocycles. The maximum absolute atomic E-state index is 6.16. The standard InChI is InChI=1S/C23H40N4O2.HI/c1-6-24-23(25-14-19(5)27(7-2)8-3)26-15-21-10-9-18(4)13-22(21)29-17-20-11-12-28-16-20;/h9-10,13,19-20H,6-8,11-12,14-17H2,1-5H3,(H2,24,25,26);1H. The first-order chi connectivity index (χ1) is 14.1. The summed E-state index contributed by atoms with van der Waals surface area (Å²) in [5, 5.41) is 6.84. The quantitative estimate of drug-likeness (QED) is 0.258. The van der Waals surface area contributed by atoms with E-state index in [9.17, 15) is 0 Å². The molecule has 6 nitrogen and oxygen atoms in total. The number of benzene rings is 1. The van der Waals surface area contributed by atoms with Gasteiger partial charge in [-0.05, 0) is 51.9 Å². The van der Waals surface area contributed by atoms with Gasteiger partial charge in [0.2, 0.25) is 0 Å². The minimum absolute atomic E-state index is 0. The van der Waals surface area contributed by atoms with Crippen LogP contribution in [0, 0.1) is 12.8 Å². The lowest BCUT2D eigenvalue weighted by molar-refractivity contribution is 0.166. The third kappa shape index (κ3) is 8.98. The highest BCUT2D eigenvalue weighted by Crippen LogP contribution is 2.23. The summed E-state index contributed by atoms with van der Waals surface area (Å²) in [5.41, 5.74) is 2.32. The first kappa shape index (κ1) is 27.0. The summed E-state index contributed by atoms with van der Waals surface area (Å²) in [6.07, 6.45) is 1.08. The molecule has 1 heterocycles. The zero-order valence-electron chi connectivity index (χ0n) is 19.4. The Kier molecular flexibility index (Phi) is 13.4.